The highest BCUT2D eigenvalue weighted by atomic mass is 35.7. The molecule has 0 aliphatic heterocycles. The van der Waals surface area contributed by atoms with Gasteiger partial charge in [-0.2, -0.15) is 4.40 Å². The molecule has 0 bridgehead atoms. The summed E-state index contributed by atoms with van der Waals surface area (Å²) in [6, 6.07) is 17.3. The Morgan fingerprint density at radius 3 is 1.88 bits per heavy atom. The first-order chi connectivity index (χ1) is 11.8. The second kappa shape index (κ2) is 6.55. The molecule has 0 aliphatic rings. The van der Waals surface area contributed by atoms with Crippen molar-refractivity contribution in [1.82, 2.24) is 0 Å². The fraction of sp³-hybridized carbons (Fsp3) is 0.105. The van der Waals surface area contributed by atoms with Gasteiger partial charge in [-0.15, -0.1) is 10.2 Å². The van der Waals surface area contributed by atoms with Crippen LogP contribution in [-0.2, 0) is 0 Å². The van der Waals surface area contributed by atoms with Gasteiger partial charge < -0.3 is 0 Å². The van der Waals surface area contributed by atoms with E-state index >= 15 is 0 Å². The van der Waals surface area contributed by atoms with Crippen molar-refractivity contribution >= 4 is 27.1 Å². The number of aromatic nitrogens is 1. The van der Waals surface area contributed by atoms with Crippen molar-refractivity contribution in [1.29, 1.82) is 0 Å². The molecule has 0 saturated carbocycles. The van der Waals surface area contributed by atoms with Gasteiger partial charge in [-0.25, -0.2) is 18.6 Å². The second-order valence-electron chi connectivity index (χ2n) is 5.77. The van der Waals surface area contributed by atoms with Crippen molar-refractivity contribution in [2.75, 3.05) is 0 Å². The fourth-order valence-corrected chi connectivity index (χ4v) is 3.30. The molecule has 128 valence electrons. The molecule has 0 atom stereocenters. The van der Waals surface area contributed by atoms with Crippen LogP contribution >= 0.6 is 0 Å². The Labute approximate surface area is 146 Å². The van der Waals surface area contributed by atoms with Gasteiger partial charge in [-0.05, 0) is 47.2 Å². The minimum absolute atomic E-state index is 1.27. The van der Waals surface area contributed by atoms with Crippen molar-refractivity contribution in [3.05, 3.63) is 72.1 Å². The van der Waals surface area contributed by atoms with Crippen LogP contribution in [0, 0.1) is 24.1 Å². The maximum Gasteiger partial charge on any atom is 0.218 e. The van der Waals surface area contributed by atoms with Crippen LogP contribution in [0.4, 0.5) is 0 Å². The molecule has 2 aromatic heterocycles. The maximum absolute atomic E-state index is 8.49. The Balaban J connectivity index is 0.000000324. The summed E-state index contributed by atoms with van der Waals surface area (Å²) in [4.78, 5) is 0. The van der Waals surface area contributed by atoms with Crippen LogP contribution in [0.2, 0.25) is 0 Å². The topological polar surface area (TPSA) is 96.3 Å². The van der Waals surface area contributed by atoms with E-state index in [1.165, 1.54) is 38.2 Å². The summed E-state index contributed by atoms with van der Waals surface area (Å²) in [5, 5.41) is 5.43. The van der Waals surface area contributed by atoms with Crippen molar-refractivity contribution in [2.45, 2.75) is 13.8 Å². The van der Waals surface area contributed by atoms with E-state index in [0.29, 0.717) is 0 Å². The molecule has 4 aromatic rings. The Morgan fingerprint density at radius 2 is 1.24 bits per heavy atom. The molecule has 0 radical (unpaired) electrons. The SMILES string of the molecule is Cc1c2ccccc2c(C)c2c1cc[n+]1ccccc21.[O-][Cl+3]([O-])([O-])[O-]. The maximum atomic E-state index is 8.49. The lowest BCUT2D eigenvalue weighted by Crippen LogP contribution is -2.68. The lowest BCUT2D eigenvalue weighted by atomic mass is 9.93. The van der Waals surface area contributed by atoms with E-state index in [0.717, 1.165) is 0 Å². The van der Waals surface area contributed by atoms with Gasteiger partial charge in [0, 0.05) is 18.2 Å². The van der Waals surface area contributed by atoms with E-state index in [9.17, 15) is 0 Å². The van der Waals surface area contributed by atoms with Crippen LogP contribution in [-0.4, -0.2) is 0 Å². The lowest BCUT2D eigenvalue weighted by molar-refractivity contribution is -2.00. The standard InChI is InChI=1S/C19H16N.ClHO4/c1-13-15-7-3-4-8-16(15)14(2)19-17(13)10-12-20-11-6-5-9-18(19)20;2-1(3,4)5/h3-12H,1-2H3;(H,2,3,4,5)/q+1;/p-1. The first kappa shape index (κ1) is 17.5. The van der Waals surface area contributed by atoms with Crippen LogP contribution < -0.4 is 23.0 Å². The number of halogens is 1. The molecule has 5 nitrogen and oxygen atoms in total. The van der Waals surface area contributed by atoms with Gasteiger partial charge >= 0.3 is 0 Å². The quantitative estimate of drug-likeness (QED) is 0.243. The van der Waals surface area contributed by atoms with Gasteiger partial charge in [0.2, 0.25) is 5.52 Å². The van der Waals surface area contributed by atoms with Gasteiger partial charge in [0.05, 0.1) is 5.39 Å². The van der Waals surface area contributed by atoms with Gasteiger partial charge in [0.15, 0.2) is 12.4 Å². The summed E-state index contributed by atoms with van der Waals surface area (Å²) in [7, 11) is -4.94. The van der Waals surface area contributed by atoms with Gasteiger partial charge in [-0.3, -0.25) is 0 Å². The van der Waals surface area contributed by atoms with Crippen molar-refractivity contribution in [3.8, 4) is 0 Å². The Morgan fingerprint density at radius 1 is 0.680 bits per heavy atom. The molecule has 25 heavy (non-hydrogen) atoms. The number of aryl methyl sites for hydroxylation is 2. The third-order valence-electron chi connectivity index (χ3n) is 4.33. The highest BCUT2D eigenvalue weighted by Crippen LogP contribution is 2.32. The minimum atomic E-state index is -4.94. The lowest BCUT2D eigenvalue weighted by Gasteiger charge is -2.17. The number of benzene rings is 2. The van der Waals surface area contributed by atoms with Crippen molar-refractivity contribution in [3.63, 3.8) is 0 Å². The van der Waals surface area contributed by atoms with E-state index < -0.39 is 10.2 Å². The third-order valence-corrected chi connectivity index (χ3v) is 4.33. The number of nitrogens with zero attached hydrogens (tertiary/aromatic N) is 1. The molecular formula is C19H16ClNO4. The predicted octanol–water partition coefficient (Wildman–Crippen LogP) is -0.407. The van der Waals surface area contributed by atoms with Crippen molar-refractivity contribution < 1.29 is 33.3 Å². The molecule has 6 heteroatoms. The molecule has 0 spiro atoms. The Kier molecular flexibility index (Phi) is 4.60. The van der Waals surface area contributed by atoms with Gasteiger partial charge in [0.25, 0.3) is 0 Å². The zero-order chi connectivity index (χ0) is 18.2. The number of rotatable bonds is 0. The molecule has 0 fully saturated rings. The zero-order valence-electron chi connectivity index (χ0n) is 13.7. The van der Waals surface area contributed by atoms with Crippen LogP contribution in [0.15, 0.2) is 60.9 Å². The first-order valence-corrected chi connectivity index (χ1v) is 8.83. The molecule has 2 heterocycles. The minimum Gasteiger partial charge on any atom is -0.222 e. The number of fused-ring (bicyclic) bond motifs is 4. The van der Waals surface area contributed by atoms with E-state index in [2.05, 4.69) is 79.2 Å². The Hall–Kier alpha value is -2.28. The van der Waals surface area contributed by atoms with Gasteiger partial charge in [-0.1, -0.05) is 24.3 Å². The summed E-state index contributed by atoms with van der Waals surface area (Å²) >= 11 is 0. The van der Waals surface area contributed by atoms with E-state index in [1.54, 1.807) is 0 Å². The van der Waals surface area contributed by atoms with Crippen LogP contribution in [0.25, 0.3) is 27.1 Å². The average molecular weight is 358 g/mol. The van der Waals surface area contributed by atoms with Crippen LogP contribution in [0.3, 0.4) is 0 Å². The normalized spacial score (nSPS) is 11.6. The first-order valence-electron chi connectivity index (χ1n) is 7.60. The monoisotopic (exact) mass is 357 g/mol. The molecule has 0 amide bonds. The highest BCUT2D eigenvalue weighted by Gasteiger charge is 2.14. The third kappa shape index (κ3) is 3.56. The van der Waals surface area contributed by atoms with Gasteiger partial charge in [0.1, 0.15) is 0 Å². The largest absolute Gasteiger partial charge is 0.222 e. The summed E-state index contributed by atoms with van der Waals surface area (Å²) < 4.78 is 36.2. The molecule has 0 aliphatic carbocycles. The van der Waals surface area contributed by atoms with E-state index in [1.807, 2.05) is 0 Å². The molecular weight excluding hydrogens is 342 g/mol. The number of hydrogen-bond acceptors (Lipinski definition) is 4. The summed E-state index contributed by atoms with van der Waals surface area (Å²) in [6.45, 7) is 4.46. The summed E-state index contributed by atoms with van der Waals surface area (Å²) in [5.41, 5.74) is 4.01. The summed E-state index contributed by atoms with van der Waals surface area (Å²) in [6.07, 6.45) is 4.26. The fourth-order valence-electron chi connectivity index (χ4n) is 3.30. The Bertz CT molecular complexity index is 1070. The number of hydrogen-bond donors (Lipinski definition) is 0. The van der Waals surface area contributed by atoms with Crippen molar-refractivity contribution in [2.24, 2.45) is 0 Å². The van der Waals surface area contributed by atoms with E-state index in [4.69, 9.17) is 18.6 Å². The van der Waals surface area contributed by atoms with E-state index in [-0.39, 0.29) is 0 Å². The molecule has 0 unspecified atom stereocenters. The zero-order valence-corrected chi connectivity index (χ0v) is 14.5. The molecule has 0 N–H and O–H groups in total. The summed E-state index contributed by atoms with van der Waals surface area (Å²) in [5.74, 6) is 0. The molecule has 4 rings (SSSR count). The molecule has 2 aromatic carbocycles. The van der Waals surface area contributed by atoms with Crippen LogP contribution in [0.1, 0.15) is 11.1 Å². The second-order valence-corrected chi connectivity index (χ2v) is 6.53. The van der Waals surface area contributed by atoms with Crippen LogP contribution in [0.5, 0.6) is 0 Å². The average Bonchev–Trinajstić information content (AvgIpc) is 2.57. The smallest absolute Gasteiger partial charge is 0.218 e. The molecule has 0 saturated heterocycles. The highest BCUT2D eigenvalue weighted by molar-refractivity contribution is 6.09. The predicted molar refractivity (Wildman–Crippen MR) is 84.1 cm³/mol. The number of pyridine rings is 2.